The van der Waals surface area contributed by atoms with Gasteiger partial charge in [0, 0.05) is 25.1 Å². The highest BCUT2D eigenvalue weighted by Gasteiger charge is 2.34. The molecule has 1 aromatic carbocycles. The molecule has 0 radical (unpaired) electrons. The minimum absolute atomic E-state index is 0.0441. The first kappa shape index (κ1) is 14.1. The van der Waals surface area contributed by atoms with Crippen LogP contribution in [0, 0.1) is 5.41 Å². The fourth-order valence-corrected chi connectivity index (χ4v) is 3.59. The van der Waals surface area contributed by atoms with E-state index in [1.54, 1.807) is 0 Å². The number of nitrogens with zero attached hydrogens (tertiary/aromatic N) is 1. The number of aliphatic hydroxyl groups excluding tert-OH is 1. The largest absolute Gasteiger partial charge is 0.396 e. The van der Waals surface area contributed by atoms with E-state index in [2.05, 4.69) is 29.2 Å². The van der Waals surface area contributed by atoms with E-state index in [0.29, 0.717) is 6.61 Å². The summed E-state index contributed by atoms with van der Waals surface area (Å²) in [6.45, 7) is 4.89. The Bertz CT molecular complexity index is 440. The summed E-state index contributed by atoms with van der Waals surface area (Å²) in [6, 6.07) is 8.77. The predicted octanol–water partition coefficient (Wildman–Crippen LogP) is 2.22. The zero-order valence-electron chi connectivity index (χ0n) is 12.2. The third-order valence-corrected chi connectivity index (χ3v) is 4.73. The number of aliphatic hydroxyl groups is 1. The zero-order chi connectivity index (χ0) is 13.8. The van der Waals surface area contributed by atoms with E-state index in [1.165, 1.54) is 24.0 Å². The molecule has 1 N–H and O–H groups in total. The Morgan fingerprint density at radius 1 is 1.20 bits per heavy atom. The summed E-state index contributed by atoms with van der Waals surface area (Å²) in [5.74, 6) is 0. The number of aryl methyl sites for hydroxylation is 1. The molecular formula is C17H25NO2. The first-order valence-electron chi connectivity index (χ1n) is 7.79. The maximum atomic E-state index is 9.83. The Morgan fingerprint density at radius 2 is 2.05 bits per heavy atom. The van der Waals surface area contributed by atoms with Crippen LogP contribution in [0.4, 0.5) is 0 Å². The van der Waals surface area contributed by atoms with Crippen LogP contribution in [0.25, 0.3) is 0 Å². The quantitative estimate of drug-likeness (QED) is 0.918. The van der Waals surface area contributed by atoms with Crippen molar-refractivity contribution in [2.24, 2.45) is 5.41 Å². The van der Waals surface area contributed by atoms with Gasteiger partial charge in [-0.1, -0.05) is 24.3 Å². The fourth-order valence-electron chi connectivity index (χ4n) is 3.59. The van der Waals surface area contributed by atoms with Gasteiger partial charge in [0.05, 0.1) is 13.2 Å². The molecule has 1 atom stereocenters. The van der Waals surface area contributed by atoms with Crippen LogP contribution in [0.5, 0.6) is 0 Å². The van der Waals surface area contributed by atoms with Crippen molar-refractivity contribution < 1.29 is 9.84 Å². The van der Waals surface area contributed by atoms with Crippen molar-refractivity contribution in [3.8, 4) is 0 Å². The van der Waals surface area contributed by atoms with Gasteiger partial charge in [0.15, 0.2) is 0 Å². The Labute approximate surface area is 121 Å². The first-order chi connectivity index (χ1) is 9.81. The van der Waals surface area contributed by atoms with Crippen molar-refractivity contribution in [3.05, 3.63) is 35.4 Å². The van der Waals surface area contributed by atoms with E-state index in [0.717, 1.165) is 39.1 Å². The molecule has 0 aromatic heterocycles. The summed E-state index contributed by atoms with van der Waals surface area (Å²) < 4.78 is 5.63. The van der Waals surface area contributed by atoms with Gasteiger partial charge in [0.2, 0.25) is 0 Å². The van der Waals surface area contributed by atoms with Gasteiger partial charge in [0.1, 0.15) is 0 Å². The molecule has 3 rings (SSSR count). The molecule has 0 amide bonds. The molecule has 2 heterocycles. The third-order valence-electron chi connectivity index (χ3n) is 4.73. The average molecular weight is 275 g/mol. The fraction of sp³-hybridized carbons (Fsp3) is 0.647. The highest BCUT2D eigenvalue weighted by atomic mass is 16.5. The minimum Gasteiger partial charge on any atom is -0.396 e. The van der Waals surface area contributed by atoms with Gasteiger partial charge < -0.3 is 9.84 Å². The number of rotatable bonds is 3. The van der Waals surface area contributed by atoms with Crippen LogP contribution in [0.3, 0.4) is 0 Å². The van der Waals surface area contributed by atoms with Crippen molar-refractivity contribution in [1.29, 1.82) is 0 Å². The van der Waals surface area contributed by atoms with Crippen molar-refractivity contribution in [2.75, 3.05) is 32.9 Å². The average Bonchev–Trinajstić information content (AvgIpc) is 2.69. The Hall–Kier alpha value is -0.900. The highest BCUT2D eigenvalue weighted by Crippen LogP contribution is 2.31. The number of hydrogen-bond donors (Lipinski definition) is 1. The maximum Gasteiger partial charge on any atom is 0.0556 e. The van der Waals surface area contributed by atoms with Gasteiger partial charge >= 0.3 is 0 Å². The SMILES string of the molecule is OCC1(CN2CCCc3ccccc3C2)CCCOC1. The lowest BCUT2D eigenvalue weighted by Crippen LogP contribution is -2.45. The first-order valence-corrected chi connectivity index (χ1v) is 7.79. The molecular weight excluding hydrogens is 250 g/mol. The van der Waals surface area contributed by atoms with E-state index >= 15 is 0 Å². The molecule has 0 spiro atoms. The summed E-state index contributed by atoms with van der Waals surface area (Å²) in [5.41, 5.74) is 2.90. The van der Waals surface area contributed by atoms with E-state index in [1.807, 2.05) is 0 Å². The second kappa shape index (κ2) is 6.25. The molecule has 2 aliphatic rings. The molecule has 0 bridgehead atoms. The zero-order valence-corrected chi connectivity index (χ0v) is 12.2. The van der Waals surface area contributed by atoms with E-state index in [-0.39, 0.29) is 12.0 Å². The van der Waals surface area contributed by atoms with Crippen LogP contribution in [0.15, 0.2) is 24.3 Å². The Kier molecular flexibility index (Phi) is 4.39. The molecule has 1 aromatic rings. The molecule has 3 nitrogen and oxygen atoms in total. The number of fused-ring (bicyclic) bond motifs is 1. The van der Waals surface area contributed by atoms with Gasteiger partial charge in [-0.3, -0.25) is 4.90 Å². The van der Waals surface area contributed by atoms with Gasteiger partial charge in [-0.05, 0) is 43.4 Å². The van der Waals surface area contributed by atoms with Crippen LogP contribution in [-0.2, 0) is 17.7 Å². The van der Waals surface area contributed by atoms with Gasteiger partial charge in [-0.15, -0.1) is 0 Å². The van der Waals surface area contributed by atoms with E-state index in [4.69, 9.17) is 4.74 Å². The van der Waals surface area contributed by atoms with Crippen molar-refractivity contribution >= 4 is 0 Å². The van der Waals surface area contributed by atoms with E-state index < -0.39 is 0 Å². The molecule has 2 aliphatic heterocycles. The van der Waals surface area contributed by atoms with Crippen LogP contribution >= 0.6 is 0 Å². The molecule has 1 unspecified atom stereocenters. The minimum atomic E-state index is -0.0441. The molecule has 0 saturated carbocycles. The standard InChI is InChI=1S/C17H25NO2/c19-13-17(8-4-10-20-14-17)12-18-9-3-7-15-5-1-2-6-16(15)11-18/h1-2,5-6,19H,3-4,7-14H2. The topological polar surface area (TPSA) is 32.7 Å². The normalized spacial score (nSPS) is 27.9. The molecule has 110 valence electrons. The molecule has 3 heteroatoms. The van der Waals surface area contributed by atoms with Crippen LogP contribution in [0.2, 0.25) is 0 Å². The molecule has 1 fully saturated rings. The smallest absolute Gasteiger partial charge is 0.0556 e. The summed E-state index contributed by atoms with van der Waals surface area (Å²) >= 11 is 0. The summed E-state index contributed by atoms with van der Waals surface area (Å²) in [5, 5.41) is 9.83. The molecule has 1 saturated heterocycles. The van der Waals surface area contributed by atoms with Crippen LogP contribution < -0.4 is 0 Å². The monoisotopic (exact) mass is 275 g/mol. The van der Waals surface area contributed by atoms with Crippen molar-refractivity contribution in [2.45, 2.75) is 32.2 Å². The number of benzene rings is 1. The van der Waals surface area contributed by atoms with Crippen LogP contribution in [-0.4, -0.2) is 42.9 Å². The molecule has 0 aliphatic carbocycles. The van der Waals surface area contributed by atoms with E-state index in [9.17, 15) is 5.11 Å². The second-order valence-corrected chi connectivity index (χ2v) is 6.40. The Morgan fingerprint density at radius 3 is 2.80 bits per heavy atom. The second-order valence-electron chi connectivity index (χ2n) is 6.40. The number of hydrogen-bond acceptors (Lipinski definition) is 3. The maximum absolute atomic E-state index is 9.83. The lowest BCUT2D eigenvalue weighted by atomic mass is 9.82. The highest BCUT2D eigenvalue weighted by molar-refractivity contribution is 5.28. The summed E-state index contributed by atoms with van der Waals surface area (Å²) in [7, 11) is 0. The third kappa shape index (κ3) is 3.05. The van der Waals surface area contributed by atoms with Gasteiger partial charge in [-0.25, -0.2) is 0 Å². The lowest BCUT2D eigenvalue weighted by molar-refractivity contribution is -0.0563. The van der Waals surface area contributed by atoms with Crippen molar-refractivity contribution in [3.63, 3.8) is 0 Å². The van der Waals surface area contributed by atoms with Gasteiger partial charge in [0.25, 0.3) is 0 Å². The van der Waals surface area contributed by atoms with Crippen molar-refractivity contribution in [1.82, 2.24) is 4.90 Å². The molecule has 20 heavy (non-hydrogen) atoms. The predicted molar refractivity (Wildman–Crippen MR) is 79.6 cm³/mol. The summed E-state index contributed by atoms with van der Waals surface area (Å²) in [6.07, 6.45) is 4.54. The van der Waals surface area contributed by atoms with Gasteiger partial charge in [-0.2, -0.15) is 0 Å². The van der Waals surface area contributed by atoms with Crippen LogP contribution in [0.1, 0.15) is 30.4 Å². The summed E-state index contributed by atoms with van der Waals surface area (Å²) in [4.78, 5) is 2.51. The lowest BCUT2D eigenvalue weighted by Gasteiger charge is -2.39. The number of ether oxygens (including phenoxy) is 1. The Balaban J connectivity index is 1.71.